The Kier molecular flexibility index (Phi) is 7.87. The lowest BCUT2D eigenvalue weighted by Gasteiger charge is -2.25. The summed E-state index contributed by atoms with van der Waals surface area (Å²) in [5.74, 6) is 0.686. The van der Waals surface area contributed by atoms with Gasteiger partial charge in [-0.05, 0) is 20.3 Å². The highest BCUT2D eigenvalue weighted by atomic mass is 32.1. The van der Waals surface area contributed by atoms with Gasteiger partial charge in [0.05, 0.1) is 18.8 Å². The second kappa shape index (κ2) is 9.70. The number of aliphatic imine (C=N–C) groups is 1. The first-order valence-electron chi connectivity index (χ1n) is 9.00. The number of aromatic nitrogens is 1. The minimum absolute atomic E-state index is 0.0420. The number of methoxy groups -OCH3 is 1. The SMILES string of the molecule is CCN=C(NC1CCN(CC(F)(F)F)C1)N(C)Cc1csc(C(C)OC)n1. The molecule has 2 heterocycles. The van der Waals surface area contributed by atoms with Crippen LogP contribution < -0.4 is 5.32 Å². The Morgan fingerprint density at radius 2 is 2.30 bits per heavy atom. The van der Waals surface area contributed by atoms with Crippen molar-refractivity contribution in [3.63, 3.8) is 0 Å². The molecule has 1 N–H and O–H groups in total. The molecule has 0 aliphatic carbocycles. The van der Waals surface area contributed by atoms with E-state index in [-0.39, 0.29) is 12.1 Å². The molecule has 0 spiro atoms. The molecule has 0 saturated carbocycles. The number of halogens is 3. The molecule has 2 unspecified atom stereocenters. The highest BCUT2D eigenvalue weighted by molar-refractivity contribution is 7.09. The number of hydrogen-bond donors (Lipinski definition) is 1. The Morgan fingerprint density at radius 3 is 2.93 bits per heavy atom. The van der Waals surface area contributed by atoms with E-state index in [0.717, 1.165) is 10.7 Å². The number of hydrogen-bond acceptors (Lipinski definition) is 5. The zero-order valence-corrected chi connectivity index (χ0v) is 17.0. The summed E-state index contributed by atoms with van der Waals surface area (Å²) in [6, 6.07) is -0.0420. The molecule has 0 aromatic carbocycles. The number of thiazole rings is 1. The molecule has 1 fully saturated rings. The second-order valence-corrected chi connectivity index (χ2v) is 7.58. The third kappa shape index (κ3) is 6.93. The summed E-state index contributed by atoms with van der Waals surface area (Å²) in [6.45, 7) is 4.98. The quantitative estimate of drug-likeness (QED) is 0.556. The molecule has 27 heavy (non-hydrogen) atoms. The maximum Gasteiger partial charge on any atom is 0.401 e. The monoisotopic (exact) mass is 407 g/mol. The van der Waals surface area contributed by atoms with E-state index in [1.54, 1.807) is 18.4 Å². The third-order valence-corrected chi connectivity index (χ3v) is 5.40. The molecule has 10 heteroatoms. The van der Waals surface area contributed by atoms with Crippen LogP contribution in [0.1, 0.15) is 37.1 Å². The van der Waals surface area contributed by atoms with Crippen molar-refractivity contribution in [1.29, 1.82) is 0 Å². The summed E-state index contributed by atoms with van der Waals surface area (Å²) in [4.78, 5) is 12.4. The average Bonchev–Trinajstić information content (AvgIpc) is 3.21. The van der Waals surface area contributed by atoms with Crippen LogP contribution in [-0.2, 0) is 11.3 Å². The maximum absolute atomic E-state index is 12.6. The summed E-state index contributed by atoms with van der Waals surface area (Å²) >= 11 is 1.55. The molecule has 0 amide bonds. The Labute approximate surface area is 162 Å². The van der Waals surface area contributed by atoms with Gasteiger partial charge in [-0.25, -0.2) is 4.98 Å². The van der Waals surface area contributed by atoms with E-state index in [1.807, 2.05) is 31.2 Å². The van der Waals surface area contributed by atoms with Crippen molar-refractivity contribution >= 4 is 17.3 Å². The second-order valence-electron chi connectivity index (χ2n) is 6.69. The molecule has 1 aliphatic heterocycles. The lowest BCUT2D eigenvalue weighted by atomic mass is 10.3. The van der Waals surface area contributed by atoms with Crippen LogP contribution >= 0.6 is 11.3 Å². The zero-order chi connectivity index (χ0) is 20.0. The highest BCUT2D eigenvalue weighted by Crippen LogP contribution is 2.22. The topological polar surface area (TPSA) is 53.0 Å². The van der Waals surface area contributed by atoms with E-state index >= 15 is 0 Å². The molecule has 1 aliphatic rings. The van der Waals surface area contributed by atoms with Crippen LogP contribution in [0, 0.1) is 0 Å². The predicted molar refractivity (Wildman–Crippen MR) is 101 cm³/mol. The van der Waals surface area contributed by atoms with Crippen LogP contribution in [0.4, 0.5) is 13.2 Å². The molecule has 2 atom stereocenters. The summed E-state index contributed by atoms with van der Waals surface area (Å²) in [5.41, 5.74) is 0.914. The number of nitrogens with zero attached hydrogens (tertiary/aromatic N) is 4. The van der Waals surface area contributed by atoms with Crippen LogP contribution in [0.3, 0.4) is 0 Å². The zero-order valence-electron chi connectivity index (χ0n) is 16.2. The van der Waals surface area contributed by atoms with Gasteiger partial charge in [0.15, 0.2) is 5.96 Å². The first kappa shape index (κ1) is 21.9. The van der Waals surface area contributed by atoms with Crippen LogP contribution in [0.15, 0.2) is 10.4 Å². The molecule has 154 valence electrons. The molecule has 2 rings (SSSR count). The maximum atomic E-state index is 12.6. The van der Waals surface area contributed by atoms with Crippen molar-refractivity contribution in [2.75, 3.05) is 40.3 Å². The summed E-state index contributed by atoms with van der Waals surface area (Å²) in [7, 11) is 3.56. The van der Waals surface area contributed by atoms with Crippen molar-refractivity contribution in [2.45, 2.75) is 45.1 Å². The van der Waals surface area contributed by atoms with Crippen molar-refractivity contribution in [3.05, 3.63) is 16.1 Å². The molecule has 1 saturated heterocycles. The Morgan fingerprint density at radius 1 is 1.56 bits per heavy atom. The van der Waals surface area contributed by atoms with E-state index < -0.39 is 12.7 Å². The number of ether oxygens (including phenoxy) is 1. The van der Waals surface area contributed by atoms with Crippen LogP contribution in [-0.4, -0.2) is 73.3 Å². The van der Waals surface area contributed by atoms with E-state index in [1.165, 1.54) is 4.90 Å². The van der Waals surface area contributed by atoms with Gasteiger partial charge >= 0.3 is 6.18 Å². The number of guanidine groups is 1. The largest absolute Gasteiger partial charge is 0.401 e. The number of rotatable bonds is 7. The summed E-state index contributed by atoms with van der Waals surface area (Å²) < 4.78 is 43.0. The Bertz CT molecular complexity index is 622. The van der Waals surface area contributed by atoms with Crippen LogP contribution in [0.5, 0.6) is 0 Å². The molecule has 0 bridgehead atoms. The van der Waals surface area contributed by atoms with Gasteiger partial charge in [0.25, 0.3) is 0 Å². The summed E-state index contributed by atoms with van der Waals surface area (Å²) in [5, 5.41) is 6.22. The Hall–Kier alpha value is -1.39. The van der Waals surface area contributed by atoms with Crippen LogP contribution in [0.25, 0.3) is 0 Å². The Balaban J connectivity index is 1.93. The van der Waals surface area contributed by atoms with Crippen molar-refractivity contribution in [2.24, 2.45) is 4.99 Å². The van der Waals surface area contributed by atoms with E-state index in [0.29, 0.717) is 38.6 Å². The van der Waals surface area contributed by atoms with Gasteiger partial charge in [-0.3, -0.25) is 9.89 Å². The molecular weight excluding hydrogens is 379 g/mol. The van der Waals surface area contributed by atoms with Crippen molar-refractivity contribution in [3.8, 4) is 0 Å². The summed E-state index contributed by atoms with van der Waals surface area (Å²) in [6.07, 6.45) is -3.54. The van der Waals surface area contributed by atoms with E-state index in [4.69, 9.17) is 4.74 Å². The standard InChI is InChI=1S/C17H28F3N5OS/c1-5-21-16(23-13-6-7-25(9-13)11-17(18,19)20)24(3)8-14-10-27-15(22-14)12(2)26-4/h10,12-13H,5-9,11H2,1-4H3,(H,21,23). The van der Waals surface area contributed by atoms with Gasteiger partial charge in [0, 0.05) is 45.2 Å². The normalized spacial score (nSPS) is 20.1. The lowest BCUT2D eigenvalue weighted by Crippen LogP contribution is -2.45. The predicted octanol–water partition coefficient (Wildman–Crippen LogP) is 2.88. The van der Waals surface area contributed by atoms with Gasteiger partial charge in [-0.2, -0.15) is 13.2 Å². The minimum Gasteiger partial charge on any atom is -0.375 e. The lowest BCUT2D eigenvalue weighted by molar-refractivity contribution is -0.143. The molecule has 0 radical (unpaired) electrons. The fourth-order valence-electron chi connectivity index (χ4n) is 2.96. The van der Waals surface area contributed by atoms with Crippen molar-refractivity contribution < 1.29 is 17.9 Å². The smallest absolute Gasteiger partial charge is 0.375 e. The van der Waals surface area contributed by atoms with Crippen LogP contribution in [0.2, 0.25) is 0 Å². The van der Waals surface area contributed by atoms with Gasteiger partial charge in [0.2, 0.25) is 0 Å². The van der Waals surface area contributed by atoms with Crippen molar-refractivity contribution in [1.82, 2.24) is 20.1 Å². The van der Waals surface area contributed by atoms with Gasteiger partial charge in [-0.15, -0.1) is 11.3 Å². The first-order valence-corrected chi connectivity index (χ1v) is 9.88. The molecule has 6 nitrogen and oxygen atoms in total. The van der Waals surface area contributed by atoms with Gasteiger partial charge < -0.3 is 15.0 Å². The van der Waals surface area contributed by atoms with Gasteiger partial charge in [-0.1, -0.05) is 0 Å². The number of likely N-dealkylation sites (tertiary alicyclic amines) is 1. The molecular formula is C17H28F3N5OS. The fraction of sp³-hybridized carbons (Fsp3) is 0.765. The van der Waals surface area contributed by atoms with E-state index in [9.17, 15) is 13.2 Å². The molecule has 1 aromatic rings. The molecule has 1 aromatic heterocycles. The van der Waals surface area contributed by atoms with Gasteiger partial charge in [0.1, 0.15) is 11.1 Å². The first-order chi connectivity index (χ1) is 12.7. The fourth-order valence-corrected chi connectivity index (χ4v) is 3.80. The minimum atomic E-state index is -4.16. The highest BCUT2D eigenvalue weighted by Gasteiger charge is 2.34. The number of nitrogens with one attached hydrogen (secondary N) is 1. The number of alkyl halides is 3. The average molecular weight is 408 g/mol. The third-order valence-electron chi connectivity index (χ3n) is 4.35. The van der Waals surface area contributed by atoms with E-state index in [2.05, 4.69) is 15.3 Å².